The molecule has 0 aromatic heterocycles. The molecular formula is C24H18N4O2. The zero-order valence-electron chi connectivity index (χ0n) is 17.5. The van der Waals surface area contributed by atoms with Gasteiger partial charge in [-0.25, -0.2) is 20.0 Å². The molecule has 8 bridgehead atoms. The van der Waals surface area contributed by atoms with Crippen LogP contribution in [0.2, 0.25) is 0 Å². The van der Waals surface area contributed by atoms with Crippen LogP contribution in [0.5, 0.6) is 0 Å². The van der Waals surface area contributed by atoms with E-state index < -0.39 is 0 Å². The fourth-order valence-corrected chi connectivity index (χ4v) is 2.76. The van der Waals surface area contributed by atoms with E-state index in [4.69, 9.17) is 1.37 Å². The van der Waals surface area contributed by atoms with Gasteiger partial charge in [0.2, 0.25) is 0 Å². The fourth-order valence-electron chi connectivity index (χ4n) is 2.76. The zero-order chi connectivity index (χ0) is 22.0. The summed E-state index contributed by atoms with van der Waals surface area (Å²) in [6.45, 7) is 2.50. The van der Waals surface area contributed by atoms with Crippen molar-refractivity contribution in [3.8, 4) is 0 Å². The van der Waals surface area contributed by atoms with Crippen molar-refractivity contribution < 1.29 is 11.0 Å². The van der Waals surface area contributed by atoms with E-state index in [9.17, 15) is 9.59 Å². The number of aliphatic imine (C=N–C) groups is 4. The number of rotatable bonds is 1. The summed E-state index contributed by atoms with van der Waals surface area (Å²) in [5, 5.41) is 0. The predicted octanol–water partition coefficient (Wildman–Crippen LogP) is 3.74. The highest BCUT2D eigenvalue weighted by molar-refractivity contribution is 6.35. The third kappa shape index (κ3) is 4.67. The molecule has 30 heavy (non-hydrogen) atoms. The van der Waals surface area contributed by atoms with Crippen molar-refractivity contribution >= 4 is 34.4 Å². The quantitative estimate of drug-likeness (QED) is 0.634. The van der Waals surface area contributed by atoms with Crippen LogP contribution in [0.25, 0.3) is 0 Å². The predicted molar refractivity (Wildman–Crippen MR) is 120 cm³/mol. The summed E-state index contributed by atoms with van der Waals surface area (Å²) in [7, 11) is 0. The third-order valence-corrected chi connectivity index (χ3v) is 4.33. The summed E-state index contributed by atoms with van der Waals surface area (Å²) < 4.78 is 8.11. The van der Waals surface area contributed by atoms with Gasteiger partial charge in [0.05, 0.1) is 47.0 Å². The second-order valence-corrected chi connectivity index (χ2v) is 6.78. The maximum atomic E-state index is 9.79. The SMILES string of the molecule is CC(=O)C(C)=O.[2H]C1=CC2=NC1=CC1=NC(=CC3=NC(=CC4=NC(=C2)C=C4)C=C3)C=C1. The molecule has 0 radical (unpaired) electrons. The maximum Gasteiger partial charge on any atom is 0.195 e. The topological polar surface area (TPSA) is 83.6 Å². The molecule has 146 valence electrons. The number of nitrogens with zero attached hydrogens (tertiary/aromatic N) is 4. The number of hydrogen-bond donors (Lipinski definition) is 0. The van der Waals surface area contributed by atoms with Gasteiger partial charge in [-0.05, 0) is 72.9 Å². The summed E-state index contributed by atoms with van der Waals surface area (Å²) in [4.78, 5) is 37.8. The van der Waals surface area contributed by atoms with Crippen LogP contribution >= 0.6 is 0 Å². The summed E-state index contributed by atoms with van der Waals surface area (Å²) in [6.07, 6.45) is 21.0. The standard InChI is InChI=1S/C20H12N4.C4H6O2/c1-2-14-10-16-5-6-18(23-16)12-20-8-7-19(24-20)11-17-4-3-15(22-17)9-13(1)21-14;1-3(5)4(2)6/h1-12H;1-2H3/i1D;. The van der Waals surface area contributed by atoms with Gasteiger partial charge >= 0.3 is 0 Å². The minimum absolute atomic E-state index is 0.379. The lowest BCUT2D eigenvalue weighted by atomic mass is 10.2. The highest BCUT2D eigenvalue weighted by atomic mass is 16.2. The van der Waals surface area contributed by atoms with Crippen LogP contribution in [0, 0.1) is 0 Å². The lowest BCUT2D eigenvalue weighted by Crippen LogP contribution is -2.01. The fraction of sp³-hybridized carbons (Fsp3) is 0.0833. The van der Waals surface area contributed by atoms with Crippen LogP contribution in [0.15, 0.2) is 116 Å². The highest BCUT2D eigenvalue weighted by Gasteiger charge is 2.11. The van der Waals surface area contributed by atoms with Crippen LogP contribution in [0.3, 0.4) is 0 Å². The zero-order valence-corrected chi connectivity index (χ0v) is 16.5. The molecule has 6 nitrogen and oxygen atoms in total. The van der Waals surface area contributed by atoms with E-state index in [1.807, 2.05) is 60.8 Å². The van der Waals surface area contributed by atoms with Crippen molar-refractivity contribution in [2.75, 3.05) is 0 Å². The molecule has 5 rings (SSSR count). The number of Topliss-reactive ketones (excluding diaryl/α,β-unsaturated/α-hetero) is 2. The van der Waals surface area contributed by atoms with Gasteiger partial charge in [-0.2, -0.15) is 0 Å². The molecule has 0 aromatic rings. The Bertz CT molecular complexity index is 1260. The van der Waals surface area contributed by atoms with Gasteiger partial charge in [-0.1, -0.05) is 0 Å². The first-order valence-electron chi connectivity index (χ1n) is 9.82. The Kier molecular flexibility index (Phi) is 4.88. The number of carbonyl (C=O) groups is 2. The number of hydrogen-bond acceptors (Lipinski definition) is 6. The van der Waals surface area contributed by atoms with E-state index in [-0.39, 0.29) is 11.6 Å². The third-order valence-electron chi connectivity index (χ3n) is 4.33. The summed E-state index contributed by atoms with van der Waals surface area (Å²) in [5.74, 6) is -0.759. The van der Waals surface area contributed by atoms with E-state index >= 15 is 0 Å². The number of carbonyl (C=O) groups excluding carboxylic acids is 2. The Morgan fingerprint density at radius 1 is 0.567 bits per heavy atom. The molecule has 0 aromatic carbocycles. The van der Waals surface area contributed by atoms with Crippen LogP contribution in [-0.4, -0.2) is 34.4 Å². The van der Waals surface area contributed by atoms with E-state index in [2.05, 4.69) is 20.0 Å². The first-order chi connectivity index (χ1) is 14.9. The van der Waals surface area contributed by atoms with Gasteiger partial charge in [-0.15, -0.1) is 0 Å². The minimum atomic E-state index is -0.380. The lowest BCUT2D eigenvalue weighted by Gasteiger charge is -1.94. The maximum absolute atomic E-state index is 9.79. The molecule has 0 atom stereocenters. The van der Waals surface area contributed by atoms with Gasteiger partial charge in [0.1, 0.15) is 0 Å². The molecule has 0 fully saturated rings. The van der Waals surface area contributed by atoms with E-state index in [0.29, 0.717) is 11.7 Å². The van der Waals surface area contributed by atoms with Crippen molar-refractivity contribution in [1.82, 2.24) is 0 Å². The van der Waals surface area contributed by atoms with Gasteiger partial charge in [0, 0.05) is 13.8 Å². The molecule has 0 aliphatic carbocycles. The van der Waals surface area contributed by atoms with Crippen LogP contribution in [0.1, 0.15) is 15.2 Å². The second-order valence-electron chi connectivity index (χ2n) is 6.78. The molecule has 0 N–H and O–H groups in total. The van der Waals surface area contributed by atoms with Crippen molar-refractivity contribution in [2.45, 2.75) is 13.8 Å². The van der Waals surface area contributed by atoms with Gasteiger partial charge in [-0.3, -0.25) is 9.59 Å². The number of allylic oxidation sites excluding steroid dienone is 12. The molecule has 5 aliphatic heterocycles. The summed E-state index contributed by atoms with van der Waals surface area (Å²) in [5.41, 5.74) is 6.33. The van der Waals surface area contributed by atoms with E-state index in [1.54, 1.807) is 6.08 Å². The van der Waals surface area contributed by atoms with E-state index in [0.717, 1.165) is 39.9 Å². The number of fused-ring (bicyclic) bond motifs is 4. The Hall–Kier alpha value is -4.06. The van der Waals surface area contributed by atoms with Crippen LogP contribution in [-0.2, 0) is 9.59 Å². The Morgan fingerprint density at radius 3 is 1.30 bits per heavy atom. The average molecular weight is 395 g/mol. The molecule has 0 spiro atoms. The molecule has 0 saturated carbocycles. The van der Waals surface area contributed by atoms with Gasteiger partial charge < -0.3 is 0 Å². The molecule has 5 aliphatic rings. The van der Waals surface area contributed by atoms with Crippen LogP contribution in [0.4, 0.5) is 0 Å². The molecule has 0 saturated heterocycles. The molecule has 5 heterocycles. The molecule has 6 heteroatoms. The summed E-state index contributed by atoms with van der Waals surface area (Å²) in [6, 6.07) is 0.379. The Balaban J connectivity index is 0.000000342. The average Bonchev–Trinajstić information content (AvgIpc) is 3.48. The molecular weight excluding hydrogens is 376 g/mol. The van der Waals surface area contributed by atoms with Crippen molar-refractivity contribution in [3.05, 3.63) is 95.7 Å². The minimum Gasteiger partial charge on any atom is -0.291 e. The second kappa shape index (κ2) is 8.13. The first-order valence-corrected chi connectivity index (χ1v) is 9.32. The smallest absolute Gasteiger partial charge is 0.195 e. The monoisotopic (exact) mass is 395 g/mol. The summed E-state index contributed by atoms with van der Waals surface area (Å²) >= 11 is 0. The van der Waals surface area contributed by atoms with Gasteiger partial charge in [0.25, 0.3) is 0 Å². The molecule has 0 unspecified atom stereocenters. The Labute approximate surface area is 175 Å². The Morgan fingerprint density at radius 2 is 0.900 bits per heavy atom. The normalized spacial score (nSPS) is 20.5. The molecule has 0 amide bonds. The van der Waals surface area contributed by atoms with Gasteiger partial charge in [0.15, 0.2) is 11.6 Å². The van der Waals surface area contributed by atoms with E-state index in [1.165, 1.54) is 13.8 Å². The van der Waals surface area contributed by atoms with Crippen molar-refractivity contribution in [3.63, 3.8) is 0 Å². The largest absolute Gasteiger partial charge is 0.291 e. The van der Waals surface area contributed by atoms with Crippen molar-refractivity contribution in [1.29, 1.82) is 0 Å². The van der Waals surface area contributed by atoms with Crippen LogP contribution < -0.4 is 0 Å². The number of ketones is 2. The highest BCUT2D eigenvalue weighted by Crippen LogP contribution is 2.20. The first kappa shape index (κ1) is 18.0. The lowest BCUT2D eigenvalue weighted by molar-refractivity contribution is -0.134. The van der Waals surface area contributed by atoms with Crippen molar-refractivity contribution in [2.24, 2.45) is 20.0 Å².